The van der Waals surface area contributed by atoms with Gasteiger partial charge >= 0.3 is 0 Å². The molecule has 7 nitrogen and oxygen atoms in total. The molecule has 0 radical (unpaired) electrons. The van der Waals surface area contributed by atoms with Crippen LogP contribution in [0.5, 0.6) is 0 Å². The van der Waals surface area contributed by atoms with Crippen molar-refractivity contribution in [1.82, 2.24) is 19.7 Å². The van der Waals surface area contributed by atoms with Crippen molar-refractivity contribution in [3.8, 4) is 0 Å². The minimum atomic E-state index is 0.149. The molecule has 1 aliphatic heterocycles. The molecule has 2 aromatic heterocycles. The van der Waals surface area contributed by atoms with Crippen LogP contribution in [-0.4, -0.2) is 38.7 Å². The Morgan fingerprint density at radius 1 is 1.15 bits per heavy atom. The van der Waals surface area contributed by atoms with Gasteiger partial charge in [0.25, 0.3) is 0 Å². The fourth-order valence-electron chi connectivity index (χ4n) is 4.12. The van der Waals surface area contributed by atoms with Gasteiger partial charge in [0.15, 0.2) is 0 Å². The number of rotatable bonds is 5. The van der Waals surface area contributed by atoms with E-state index in [4.69, 9.17) is 0 Å². The smallest absolute Gasteiger partial charge is 0.228 e. The topological polar surface area (TPSA) is 75.9 Å². The predicted molar refractivity (Wildman–Crippen MR) is 105 cm³/mol. The molecule has 144 valence electrons. The number of carbonyl (C=O) groups is 1. The van der Waals surface area contributed by atoms with Crippen LogP contribution in [0.4, 0.5) is 11.8 Å². The Hall–Kier alpha value is -2.44. The average Bonchev–Trinajstić information content (AvgIpc) is 3.40. The summed E-state index contributed by atoms with van der Waals surface area (Å²) in [6, 6.07) is 2.20. The van der Waals surface area contributed by atoms with Crippen LogP contribution in [0.1, 0.15) is 57.1 Å². The summed E-state index contributed by atoms with van der Waals surface area (Å²) in [6.45, 7) is 3.90. The molecule has 2 fully saturated rings. The van der Waals surface area contributed by atoms with Crippen LogP contribution in [0.2, 0.25) is 0 Å². The summed E-state index contributed by atoms with van der Waals surface area (Å²) in [4.78, 5) is 23.7. The Morgan fingerprint density at radius 3 is 2.52 bits per heavy atom. The molecule has 1 saturated heterocycles. The summed E-state index contributed by atoms with van der Waals surface area (Å²) in [5.74, 6) is 1.95. The van der Waals surface area contributed by atoms with E-state index in [0.29, 0.717) is 6.04 Å². The van der Waals surface area contributed by atoms with Crippen LogP contribution in [0, 0.1) is 5.92 Å². The van der Waals surface area contributed by atoms with Gasteiger partial charge in [0.05, 0.1) is 12.2 Å². The number of aromatic nitrogens is 4. The highest BCUT2D eigenvalue weighted by Crippen LogP contribution is 2.29. The first-order valence-electron chi connectivity index (χ1n) is 10.1. The van der Waals surface area contributed by atoms with Crippen LogP contribution in [0.3, 0.4) is 0 Å². The second-order valence-electron chi connectivity index (χ2n) is 7.59. The van der Waals surface area contributed by atoms with Gasteiger partial charge in [0.2, 0.25) is 11.9 Å². The summed E-state index contributed by atoms with van der Waals surface area (Å²) in [5.41, 5.74) is 1.16. The average molecular weight is 368 g/mol. The molecule has 0 atom stereocenters. The zero-order valence-corrected chi connectivity index (χ0v) is 16.0. The molecular weight excluding hydrogens is 340 g/mol. The zero-order valence-electron chi connectivity index (χ0n) is 16.0. The molecule has 0 bridgehead atoms. The molecule has 1 amide bonds. The zero-order chi connectivity index (χ0) is 18.6. The molecule has 7 heteroatoms. The highest BCUT2D eigenvalue weighted by Gasteiger charge is 2.27. The monoisotopic (exact) mass is 368 g/mol. The van der Waals surface area contributed by atoms with Gasteiger partial charge in [-0.15, -0.1) is 0 Å². The Kier molecular flexibility index (Phi) is 5.36. The Labute approximate surface area is 160 Å². The van der Waals surface area contributed by atoms with Crippen molar-refractivity contribution in [3.63, 3.8) is 0 Å². The Morgan fingerprint density at radius 2 is 1.85 bits per heavy atom. The van der Waals surface area contributed by atoms with E-state index in [1.54, 1.807) is 6.20 Å². The van der Waals surface area contributed by atoms with Crippen molar-refractivity contribution in [2.45, 2.75) is 57.9 Å². The van der Waals surface area contributed by atoms with Crippen LogP contribution < -0.4 is 10.2 Å². The van der Waals surface area contributed by atoms with Gasteiger partial charge in [-0.1, -0.05) is 19.8 Å². The number of piperidine rings is 1. The number of anilines is 2. The summed E-state index contributed by atoms with van der Waals surface area (Å²) >= 11 is 0. The molecular formula is C20H28N6O. The summed E-state index contributed by atoms with van der Waals surface area (Å²) < 4.78 is 1.99. The molecule has 2 aliphatic rings. The van der Waals surface area contributed by atoms with Crippen LogP contribution >= 0.6 is 0 Å². The number of carbonyl (C=O) groups excluding carboxylic acids is 1. The first kappa shape index (κ1) is 17.9. The van der Waals surface area contributed by atoms with E-state index in [1.165, 1.54) is 0 Å². The first-order chi connectivity index (χ1) is 13.2. The number of hydrogen-bond donors (Lipinski definition) is 1. The lowest BCUT2D eigenvalue weighted by Gasteiger charge is -2.32. The number of hydrogen-bond acceptors (Lipinski definition) is 5. The summed E-state index contributed by atoms with van der Waals surface area (Å²) in [7, 11) is 0. The van der Waals surface area contributed by atoms with Gasteiger partial charge < -0.3 is 10.2 Å². The third kappa shape index (κ3) is 3.96. The number of nitrogens with one attached hydrogen (secondary N) is 1. The van der Waals surface area contributed by atoms with Gasteiger partial charge in [-0.05, 0) is 37.7 Å². The Balaban J connectivity index is 1.37. The van der Waals surface area contributed by atoms with Crippen molar-refractivity contribution in [3.05, 3.63) is 30.2 Å². The molecule has 2 aromatic rings. The van der Waals surface area contributed by atoms with E-state index in [2.05, 4.69) is 32.2 Å². The lowest BCUT2D eigenvalue weighted by Crippen LogP contribution is -2.36. The summed E-state index contributed by atoms with van der Waals surface area (Å²) in [5, 5.41) is 7.60. The maximum atomic E-state index is 12.5. The summed E-state index contributed by atoms with van der Waals surface area (Å²) in [6.07, 6.45) is 12.8. The minimum Gasteiger partial charge on any atom is -0.341 e. The molecule has 4 rings (SSSR count). The van der Waals surface area contributed by atoms with Crippen molar-refractivity contribution in [2.24, 2.45) is 5.92 Å². The van der Waals surface area contributed by atoms with Gasteiger partial charge in [0, 0.05) is 37.5 Å². The highest BCUT2D eigenvalue weighted by molar-refractivity contribution is 5.91. The molecule has 1 N–H and O–H groups in total. The SMILES string of the molecule is CCc1cnc(N2CCC(n3nccc3NC(=O)C3CCCC3)CC2)nc1. The molecule has 0 spiro atoms. The molecule has 1 saturated carbocycles. The molecule has 1 aliphatic carbocycles. The normalized spacial score (nSPS) is 18.8. The second-order valence-corrected chi connectivity index (χ2v) is 7.59. The highest BCUT2D eigenvalue weighted by atomic mass is 16.2. The van der Waals surface area contributed by atoms with Crippen LogP contribution in [0.25, 0.3) is 0 Å². The standard InChI is InChI=1S/C20H28N6O/c1-2-15-13-21-20(22-14-15)25-11-8-17(9-12-25)26-18(7-10-23-26)24-19(27)16-5-3-4-6-16/h7,10,13-14,16-17H,2-6,8-9,11-12H2,1H3,(H,24,27). The first-order valence-corrected chi connectivity index (χ1v) is 10.1. The lowest BCUT2D eigenvalue weighted by atomic mass is 10.1. The maximum absolute atomic E-state index is 12.5. The van der Waals surface area contributed by atoms with Crippen molar-refractivity contribution in [2.75, 3.05) is 23.3 Å². The molecule has 0 aromatic carbocycles. The van der Waals surface area contributed by atoms with Crippen LogP contribution in [-0.2, 0) is 11.2 Å². The van der Waals surface area contributed by atoms with Gasteiger partial charge in [-0.3, -0.25) is 4.79 Å². The van der Waals surface area contributed by atoms with E-state index >= 15 is 0 Å². The van der Waals surface area contributed by atoms with Crippen molar-refractivity contribution >= 4 is 17.7 Å². The van der Waals surface area contributed by atoms with Gasteiger partial charge in [-0.25, -0.2) is 14.6 Å². The molecule has 0 unspecified atom stereocenters. The lowest BCUT2D eigenvalue weighted by molar-refractivity contribution is -0.119. The third-order valence-electron chi connectivity index (χ3n) is 5.84. The number of nitrogens with zero attached hydrogens (tertiary/aromatic N) is 5. The second kappa shape index (κ2) is 8.06. The van der Waals surface area contributed by atoms with E-state index in [9.17, 15) is 4.79 Å². The largest absolute Gasteiger partial charge is 0.341 e. The van der Waals surface area contributed by atoms with Crippen molar-refractivity contribution < 1.29 is 4.79 Å². The molecule has 3 heterocycles. The van der Waals surface area contributed by atoms with E-state index in [1.807, 2.05) is 23.1 Å². The Bertz CT molecular complexity index is 757. The van der Waals surface area contributed by atoms with E-state index < -0.39 is 0 Å². The van der Waals surface area contributed by atoms with Crippen molar-refractivity contribution in [1.29, 1.82) is 0 Å². The van der Waals surface area contributed by atoms with Crippen LogP contribution in [0.15, 0.2) is 24.7 Å². The quantitative estimate of drug-likeness (QED) is 0.877. The van der Waals surface area contributed by atoms with E-state index in [0.717, 1.165) is 75.4 Å². The maximum Gasteiger partial charge on any atom is 0.228 e. The minimum absolute atomic E-state index is 0.149. The number of amides is 1. The third-order valence-corrected chi connectivity index (χ3v) is 5.84. The van der Waals surface area contributed by atoms with Gasteiger partial charge in [-0.2, -0.15) is 5.10 Å². The fraction of sp³-hybridized carbons (Fsp3) is 0.600. The predicted octanol–water partition coefficient (Wildman–Crippen LogP) is 3.21. The van der Waals surface area contributed by atoms with E-state index in [-0.39, 0.29) is 11.8 Å². The fourth-order valence-corrected chi connectivity index (χ4v) is 4.12. The number of aryl methyl sites for hydroxylation is 1. The molecule has 27 heavy (non-hydrogen) atoms. The van der Waals surface area contributed by atoms with Gasteiger partial charge in [0.1, 0.15) is 5.82 Å².